The molecule has 0 saturated heterocycles. The number of hydrogen-bond acceptors (Lipinski definition) is 3. The fraction of sp³-hybridized carbons (Fsp3) is 0.500. The van der Waals surface area contributed by atoms with Crippen molar-refractivity contribution in [2.45, 2.75) is 31.6 Å². The predicted molar refractivity (Wildman–Crippen MR) is 71.4 cm³/mol. The number of halogens is 1. The molecule has 1 aliphatic rings. The molecule has 3 rings (SSSR count). The van der Waals surface area contributed by atoms with Crippen molar-refractivity contribution >= 4 is 54.8 Å². The predicted octanol–water partition coefficient (Wildman–Crippen LogP) is 4.40. The smallest absolute Gasteiger partial charge is 0.156 e. The summed E-state index contributed by atoms with van der Waals surface area (Å²) in [4.78, 5) is 7.35. The lowest BCUT2D eigenvalue weighted by Crippen LogP contribution is -2.00. The number of nitrogens with zero attached hydrogens (tertiary/aromatic N) is 1. The van der Waals surface area contributed by atoms with Gasteiger partial charge in [-0.25, -0.2) is 4.98 Å². The zero-order valence-electron chi connectivity index (χ0n) is 7.84. The Morgan fingerprint density at radius 3 is 2.86 bits per heavy atom. The van der Waals surface area contributed by atoms with Crippen LogP contribution in [-0.4, -0.2) is 4.98 Å². The molecule has 0 radical (unpaired) electrons. The van der Waals surface area contributed by atoms with Gasteiger partial charge in [-0.15, -0.1) is 22.7 Å². The Labute approximate surface area is 105 Å². The molecule has 0 atom stereocenters. The SMILES string of the molecule is CCC1(c2cc3sc(I)nc3s2)CC1. The Kier molecular flexibility index (Phi) is 2.15. The lowest BCUT2D eigenvalue weighted by molar-refractivity contribution is 0.679. The topological polar surface area (TPSA) is 12.9 Å². The van der Waals surface area contributed by atoms with Gasteiger partial charge in [0.25, 0.3) is 0 Å². The Morgan fingerprint density at radius 2 is 2.29 bits per heavy atom. The summed E-state index contributed by atoms with van der Waals surface area (Å²) >= 11 is 6.02. The van der Waals surface area contributed by atoms with Gasteiger partial charge in [0.2, 0.25) is 0 Å². The number of thiazole rings is 1. The maximum Gasteiger partial charge on any atom is 0.156 e. The van der Waals surface area contributed by atoms with Crippen LogP contribution < -0.4 is 0 Å². The van der Waals surface area contributed by atoms with Gasteiger partial charge in [-0.2, -0.15) is 0 Å². The second-order valence-electron chi connectivity index (χ2n) is 3.88. The van der Waals surface area contributed by atoms with Crippen LogP contribution in [0.3, 0.4) is 0 Å². The van der Waals surface area contributed by atoms with E-state index in [0.29, 0.717) is 5.41 Å². The van der Waals surface area contributed by atoms with E-state index in [4.69, 9.17) is 0 Å². The molecule has 2 heterocycles. The van der Waals surface area contributed by atoms with Crippen LogP contribution in [0.15, 0.2) is 6.07 Å². The average molecular weight is 335 g/mol. The van der Waals surface area contributed by atoms with Crippen LogP contribution >= 0.6 is 45.3 Å². The van der Waals surface area contributed by atoms with Gasteiger partial charge < -0.3 is 0 Å². The summed E-state index contributed by atoms with van der Waals surface area (Å²) in [6.07, 6.45) is 4.06. The quantitative estimate of drug-likeness (QED) is 0.741. The highest BCUT2D eigenvalue weighted by atomic mass is 127. The van der Waals surface area contributed by atoms with Crippen molar-refractivity contribution < 1.29 is 0 Å². The minimum absolute atomic E-state index is 0.552. The summed E-state index contributed by atoms with van der Waals surface area (Å²) in [5.41, 5.74) is 0.552. The van der Waals surface area contributed by atoms with E-state index >= 15 is 0 Å². The lowest BCUT2D eigenvalue weighted by Gasteiger charge is -2.07. The Morgan fingerprint density at radius 1 is 1.50 bits per heavy atom. The van der Waals surface area contributed by atoms with Gasteiger partial charge in [0, 0.05) is 10.3 Å². The Hall–Kier alpha value is 0.320. The zero-order valence-corrected chi connectivity index (χ0v) is 11.6. The van der Waals surface area contributed by atoms with Crippen LogP contribution in [0, 0.1) is 3.01 Å². The number of hydrogen-bond donors (Lipinski definition) is 0. The van der Waals surface area contributed by atoms with Crippen LogP contribution in [0.25, 0.3) is 9.53 Å². The zero-order chi connectivity index (χ0) is 9.76. The fourth-order valence-electron chi connectivity index (χ4n) is 1.90. The standard InChI is InChI=1S/C10H10INS2/c1-2-10(3-4-10)7-5-6-8(14-7)12-9(11)13-6/h5H,2-4H2,1H3. The van der Waals surface area contributed by atoms with Crippen LogP contribution in [0.4, 0.5) is 0 Å². The summed E-state index contributed by atoms with van der Waals surface area (Å²) in [7, 11) is 0. The first-order chi connectivity index (χ1) is 6.73. The van der Waals surface area contributed by atoms with E-state index in [1.807, 2.05) is 22.7 Å². The molecule has 74 valence electrons. The Balaban J connectivity index is 2.11. The third-order valence-corrected chi connectivity index (χ3v) is 6.21. The lowest BCUT2D eigenvalue weighted by atomic mass is 10.0. The molecule has 0 N–H and O–H groups in total. The van der Waals surface area contributed by atoms with Crippen molar-refractivity contribution in [1.29, 1.82) is 0 Å². The molecule has 0 spiro atoms. The summed E-state index contributed by atoms with van der Waals surface area (Å²) < 4.78 is 2.55. The minimum atomic E-state index is 0.552. The van der Waals surface area contributed by atoms with Gasteiger partial charge >= 0.3 is 0 Å². The van der Waals surface area contributed by atoms with Crippen LogP contribution in [-0.2, 0) is 5.41 Å². The molecule has 0 aliphatic heterocycles. The normalized spacial score (nSPS) is 19.0. The van der Waals surface area contributed by atoms with Crippen molar-refractivity contribution in [3.05, 3.63) is 14.0 Å². The second kappa shape index (κ2) is 3.15. The Bertz CT molecular complexity index is 450. The van der Waals surface area contributed by atoms with E-state index < -0.39 is 0 Å². The van der Waals surface area contributed by atoms with Crippen LogP contribution in [0.1, 0.15) is 31.1 Å². The maximum atomic E-state index is 4.53. The van der Waals surface area contributed by atoms with Gasteiger partial charge in [0.05, 0.1) is 4.70 Å². The van der Waals surface area contributed by atoms with Crippen molar-refractivity contribution in [3.63, 3.8) is 0 Å². The fourth-order valence-corrected chi connectivity index (χ4v) is 5.27. The molecule has 2 aromatic rings. The molecule has 1 fully saturated rings. The van der Waals surface area contributed by atoms with Gasteiger partial charge in [0.15, 0.2) is 3.01 Å². The third-order valence-electron chi connectivity index (χ3n) is 3.12. The third kappa shape index (κ3) is 1.34. The molecular weight excluding hydrogens is 325 g/mol. The highest BCUT2D eigenvalue weighted by Gasteiger charge is 2.43. The molecule has 0 bridgehead atoms. The van der Waals surface area contributed by atoms with Crippen LogP contribution in [0.5, 0.6) is 0 Å². The van der Waals surface area contributed by atoms with E-state index in [1.165, 1.54) is 28.8 Å². The van der Waals surface area contributed by atoms with Crippen molar-refractivity contribution in [2.24, 2.45) is 0 Å². The molecule has 0 amide bonds. The van der Waals surface area contributed by atoms with Gasteiger partial charge in [-0.1, -0.05) is 6.92 Å². The molecule has 1 saturated carbocycles. The maximum absolute atomic E-state index is 4.53. The summed E-state index contributed by atoms with van der Waals surface area (Å²) in [6, 6.07) is 2.37. The van der Waals surface area contributed by atoms with Gasteiger partial charge in [-0.3, -0.25) is 0 Å². The van der Waals surface area contributed by atoms with Crippen molar-refractivity contribution in [3.8, 4) is 0 Å². The number of rotatable bonds is 2. The van der Waals surface area contributed by atoms with Gasteiger partial charge in [-0.05, 0) is 47.9 Å². The second-order valence-corrected chi connectivity index (χ2v) is 7.70. The summed E-state index contributed by atoms with van der Waals surface area (Å²) in [6.45, 7) is 2.30. The van der Waals surface area contributed by atoms with E-state index in [2.05, 4.69) is 40.6 Å². The molecule has 4 heteroatoms. The molecule has 1 aliphatic carbocycles. The first kappa shape index (κ1) is 9.54. The van der Waals surface area contributed by atoms with E-state index in [-0.39, 0.29) is 0 Å². The molecule has 14 heavy (non-hydrogen) atoms. The number of fused-ring (bicyclic) bond motifs is 1. The number of thiophene rings is 1. The number of aromatic nitrogens is 1. The highest BCUT2D eigenvalue weighted by Crippen LogP contribution is 2.54. The summed E-state index contributed by atoms with van der Waals surface area (Å²) in [5.74, 6) is 0. The van der Waals surface area contributed by atoms with Crippen molar-refractivity contribution in [2.75, 3.05) is 0 Å². The van der Waals surface area contributed by atoms with Crippen LogP contribution in [0.2, 0.25) is 0 Å². The van der Waals surface area contributed by atoms with E-state index in [1.54, 1.807) is 4.88 Å². The molecule has 0 unspecified atom stereocenters. The highest BCUT2D eigenvalue weighted by molar-refractivity contribution is 14.1. The monoisotopic (exact) mass is 335 g/mol. The largest absolute Gasteiger partial charge is 0.219 e. The van der Waals surface area contributed by atoms with Crippen molar-refractivity contribution in [1.82, 2.24) is 4.98 Å². The average Bonchev–Trinajstić information content (AvgIpc) is 2.75. The van der Waals surface area contributed by atoms with E-state index in [0.717, 1.165) is 3.01 Å². The summed E-state index contributed by atoms with van der Waals surface area (Å²) in [5, 5.41) is 0. The molecule has 0 aromatic carbocycles. The first-order valence-electron chi connectivity index (χ1n) is 4.80. The van der Waals surface area contributed by atoms with E-state index in [9.17, 15) is 0 Å². The first-order valence-corrected chi connectivity index (χ1v) is 7.51. The molecule has 2 aromatic heterocycles. The van der Waals surface area contributed by atoms with Gasteiger partial charge in [0.1, 0.15) is 4.83 Å². The molecule has 1 nitrogen and oxygen atoms in total. The minimum Gasteiger partial charge on any atom is -0.219 e. The molecular formula is C10H10INS2.